The van der Waals surface area contributed by atoms with E-state index >= 15 is 0 Å². The molecule has 0 bridgehead atoms. The zero-order chi connectivity index (χ0) is 20.1. The Labute approximate surface area is 167 Å². The third-order valence-electron chi connectivity index (χ3n) is 4.09. The molecular weight excluding hydrogens is 380 g/mol. The number of hydrogen-bond donors (Lipinski definition) is 2. The number of anilines is 3. The molecule has 1 aromatic heterocycles. The summed E-state index contributed by atoms with van der Waals surface area (Å²) in [6.07, 6.45) is 1.32. The summed E-state index contributed by atoms with van der Waals surface area (Å²) < 4.78 is 10.6. The van der Waals surface area contributed by atoms with Gasteiger partial charge in [0.2, 0.25) is 0 Å². The molecule has 7 nitrogen and oxygen atoms in total. The van der Waals surface area contributed by atoms with Gasteiger partial charge in [-0.05, 0) is 36.8 Å². The van der Waals surface area contributed by atoms with Gasteiger partial charge in [-0.2, -0.15) is 0 Å². The molecule has 3 rings (SSSR count). The molecular formula is C20H19ClN4O3. The van der Waals surface area contributed by atoms with Crippen molar-refractivity contribution >= 4 is 34.7 Å². The normalized spacial score (nSPS) is 10.3. The summed E-state index contributed by atoms with van der Waals surface area (Å²) in [5.74, 6) is 1.34. The molecule has 144 valence electrons. The molecule has 0 fully saturated rings. The number of halogens is 1. The minimum atomic E-state index is -0.363. The van der Waals surface area contributed by atoms with Crippen LogP contribution in [0.5, 0.6) is 11.5 Å². The van der Waals surface area contributed by atoms with Gasteiger partial charge in [0.25, 0.3) is 5.91 Å². The van der Waals surface area contributed by atoms with E-state index in [0.29, 0.717) is 33.7 Å². The van der Waals surface area contributed by atoms with Gasteiger partial charge in [0.15, 0.2) is 0 Å². The number of amides is 1. The van der Waals surface area contributed by atoms with Crippen molar-refractivity contribution in [3.63, 3.8) is 0 Å². The molecule has 0 aliphatic rings. The Morgan fingerprint density at radius 3 is 2.61 bits per heavy atom. The lowest BCUT2D eigenvalue weighted by molar-refractivity contribution is 0.102. The van der Waals surface area contributed by atoms with E-state index in [0.717, 1.165) is 5.56 Å². The molecule has 8 heteroatoms. The molecule has 0 spiro atoms. The van der Waals surface area contributed by atoms with E-state index in [1.165, 1.54) is 6.33 Å². The lowest BCUT2D eigenvalue weighted by Crippen LogP contribution is -2.15. The van der Waals surface area contributed by atoms with Crippen LogP contribution in [0.3, 0.4) is 0 Å². The molecule has 0 saturated carbocycles. The van der Waals surface area contributed by atoms with Gasteiger partial charge >= 0.3 is 0 Å². The molecule has 3 aromatic rings. The minimum absolute atomic E-state index is 0.212. The van der Waals surface area contributed by atoms with Crippen molar-refractivity contribution in [1.29, 1.82) is 0 Å². The van der Waals surface area contributed by atoms with Gasteiger partial charge in [0.05, 0.1) is 19.9 Å². The van der Waals surface area contributed by atoms with Crippen LogP contribution in [0.4, 0.5) is 17.2 Å². The van der Waals surface area contributed by atoms with Crippen LogP contribution < -0.4 is 20.1 Å². The van der Waals surface area contributed by atoms with E-state index in [-0.39, 0.29) is 11.6 Å². The first kappa shape index (κ1) is 19.4. The highest BCUT2D eigenvalue weighted by Gasteiger charge is 2.13. The fourth-order valence-corrected chi connectivity index (χ4v) is 2.69. The molecule has 0 unspecified atom stereocenters. The van der Waals surface area contributed by atoms with Crippen molar-refractivity contribution in [3.05, 3.63) is 65.1 Å². The van der Waals surface area contributed by atoms with E-state index in [9.17, 15) is 4.79 Å². The van der Waals surface area contributed by atoms with Gasteiger partial charge in [-0.1, -0.05) is 17.7 Å². The van der Waals surface area contributed by atoms with Crippen LogP contribution in [-0.4, -0.2) is 30.1 Å². The summed E-state index contributed by atoms with van der Waals surface area (Å²) in [5, 5.41) is 6.51. The zero-order valence-corrected chi connectivity index (χ0v) is 16.4. The Hall–Kier alpha value is -3.32. The van der Waals surface area contributed by atoms with E-state index in [1.54, 1.807) is 56.7 Å². The summed E-state index contributed by atoms with van der Waals surface area (Å²) in [5.41, 5.74) is 2.30. The van der Waals surface area contributed by atoms with Crippen LogP contribution in [0.15, 0.2) is 48.8 Å². The topological polar surface area (TPSA) is 85.4 Å². The monoisotopic (exact) mass is 398 g/mol. The quantitative estimate of drug-likeness (QED) is 0.638. The first-order chi connectivity index (χ1) is 13.5. The average molecular weight is 399 g/mol. The van der Waals surface area contributed by atoms with E-state index in [4.69, 9.17) is 21.1 Å². The predicted molar refractivity (Wildman–Crippen MR) is 109 cm³/mol. The van der Waals surface area contributed by atoms with E-state index in [2.05, 4.69) is 20.6 Å². The number of rotatable bonds is 6. The van der Waals surface area contributed by atoms with Gasteiger partial charge < -0.3 is 20.1 Å². The van der Waals surface area contributed by atoms with Gasteiger partial charge in [-0.3, -0.25) is 4.79 Å². The van der Waals surface area contributed by atoms with Crippen molar-refractivity contribution in [2.45, 2.75) is 6.92 Å². The molecule has 0 radical (unpaired) electrons. The molecule has 0 saturated heterocycles. The average Bonchev–Trinajstić information content (AvgIpc) is 2.72. The Bertz CT molecular complexity index is 1010. The molecule has 0 atom stereocenters. The van der Waals surface area contributed by atoms with E-state index in [1.807, 2.05) is 6.92 Å². The Balaban J connectivity index is 1.80. The predicted octanol–water partition coefficient (Wildman–Crippen LogP) is 4.45. The van der Waals surface area contributed by atoms with Crippen LogP contribution in [0, 0.1) is 6.92 Å². The van der Waals surface area contributed by atoms with Crippen molar-refractivity contribution in [2.75, 3.05) is 24.9 Å². The summed E-state index contributed by atoms with van der Waals surface area (Å²) in [7, 11) is 3.14. The Kier molecular flexibility index (Phi) is 5.96. The van der Waals surface area contributed by atoms with Gasteiger partial charge in [-0.25, -0.2) is 9.97 Å². The summed E-state index contributed by atoms with van der Waals surface area (Å²) in [6.45, 7) is 1.83. The maximum Gasteiger partial charge on any atom is 0.274 e. The number of ether oxygens (including phenoxy) is 2. The standard InChI is InChI=1S/C20H19ClN4O3/c1-12-14(21)5-4-6-15(12)25-20(26)17-10-19(23-11-22-17)24-16-8-7-13(27-2)9-18(16)28-3/h4-11H,1-3H3,(H,25,26)(H,22,23,24). The fraction of sp³-hybridized carbons (Fsp3) is 0.150. The number of carbonyl (C=O) groups excluding carboxylic acids is 1. The lowest BCUT2D eigenvalue weighted by Gasteiger charge is -2.13. The second-order valence-corrected chi connectivity index (χ2v) is 6.25. The largest absolute Gasteiger partial charge is 0.497 e. The Morgan fingerprint density at radius 1 is 1.04 bits per heavy atom. The van der Waals surface area contributed by atoms with Crippen molar-refractivity contribution in [1.82, 2.24) is 9.97 Å². The number of benzene rings is 2. The molecule has 1 heterocycles. The highest BCUT2D eigenvalue weighted by Crippen LogP contribution is 2.31. The summed E-state index contributed by atoms with van der Waals surface area (Å²) in [6, 6.07) is 12.2. The number of nitrogens with zero attached hydrogens (tertiary/aromatic N) is 2. The van der Waals surface area contributed by atoms with Crippen LogP contribution in [0.1, 0.15) is 16.1 Å². The molecule has 28 heavy (non-hydrogen) atoms. The maximum absolute atomic E-state index is 12.6. The van der Waals surface area contributed by atoms with E-state index < -0.39 is 0 Å². The van der Waals surface area contributed by atoms with Crippen molar-refractivity contribution in [2.24, 2.45) is 0 Å². The smallest absolute Gasteiger partial charge is 0.274 e. The zero-order valence-electron chi connectivity index (χ0n) is 15.6. The van der Waals surface area contributed by atoms with Crippen molar-refractivity contribution < 1.29 is 14.3 Å². The summed E-state index contributed by atoms with van der Waals surface area (Å²) in [4.78, 5) is 20.8. The SMILES string of the molecule is COc1ccc(Nc2cc(C(=O)Nc3cccc(Cl)c3C)ncn2)c(OC)c1. The molecule has 0 aliphatic carbocycles. The first-order valence-electron chi connectivity index (χ1n) is 8.39. The number of nitrogens with one attached hydrogen (secondary N) is 2. The first-order valence-corrected chi connectivity index (χ1v) is 8.77. The molecule has 0 aliphatic heterocycles. The second kappa shape index (κ2) is 8.58. The lowest BCUT2D eigenvalue weighted by atomic mass is 10.2. The molecule has 2 N–H and O–H groups in total. The third kappa shape index (κ3) is 4.32. The second-order valence-electron chi connectivity index (χ2n) is 5.85. The van der Waals surface area contributed by atoms with Gasteiger partial charge in [-0.15, -0.1) is 0 Å². The number of carbonyl (C=O) groups is 1. The van der Waals surface area contributed by atoms with Gasteiger partial charge in [0, 0.05) is 22.8 Å². The van der Waals surface area contributed by atoms with Crippen LogP contribution >= 0.6 is 11.6 Å². The number of methoxy groups -OCH3 is 2. The fourth-order valence-electron chi connectivity index (χ4n) is 2.52. The van der Waals surface area contributed by atoms with Crippen LogP contribution in [0.2, 0.25) is 5.02 Å². The third-order valence-corrected chi connectivity index (χ3v) is 4.50. The van der Waals surface area contributed by atoms with Crippen LogP contribution in [-0.2, 0) is 0 Å². The molecule has 2 aromatic carbocycles. The Morgan fingerprint density at radius 2 is 1.86 bits per heavy atom. The minimum Gasteiger partial charge on any atom is -0.497 e. The van der Waals surface area contributed by atoms with Crippen LogP contribution in [0.25, 0.3) is 0 Å². The molecule has 1 amide bonds. The van der Waals surface area contributed by atoms with Crippen molar-refractivity contribution in [3.8, 4) is 11.5 Å². The number of hydrogen-bond acceptors (Lipinski definition) is 6. The number of aromatic nitrogens is 2. The summed E-state index contributed by atoms with van der Waals surface area (Å²) >= 11 is 6.10. The maximum atomic E-state index is 12.6. The highest BCUT2D eigenvalue weighted by atomic mass is 35.5. The highest BCUT2D eigenvalue weighted by molar-refractivity contribution is 6.31. The van der Waals surface area contributed by atoms with Gasteiger partial charge in [0.1, 0.15) is 29.3 Å².